The highest BCUT2D eigenvalue weighted by atomic mass is 16.5. The van der Waals surface area contributed by atoms with Crippen molar-refractivity contribution in [3.8, 4) is 11.8 Å². The highest BCUT2D eigenvalue weighted by molar-refractivity contribution is 5.98. The summed E-state index contributed by atoms with van der Waals surface area (Å²) in [7, 11) is 0. The van der Waals surface area contributed by atoms with Crippen molar-refractivity contribution in [1.82, 2.24) is 0 Å². The molecule has 0 aliphatic heterocycles. The number of esters is 1. The van der Waals surface area contributed by atoms with E-state index in [4.69, 9.17) is 14.7 Å². The zero-order chi connectivity index (χ0) is 22.6. The molecule has 0 fully saturated rings. The van der Waals surface area contributed by atoms with E-state index in [0.717, 1.165) is 5.56 Å². The number of aryl methyl sites for hydroxylation is 1. The zero-order valence-electron chi connectivity index (χ0n) is 17.8. The molecule has 0 radical (unpaired) electrons. The maximum absolute atomic E-state index is 12.6. The Labute approximate surface area is 182 Å². The molecule has 0 atom stereocenters. The third-order valence-electron chi connectivity index (χ3n) is 4.49. The summed E-state index contributed by atoms with van der Waals surface area (Å²) >= 11 is 0. The average Bonchev–Trinajstić information content (AvgIpc) is 2.78. The second-order valence-corrected chi connectivity index (χ2v) is 6.83. The van der Waals surface area contributed by atoms with Crippen LogP contribution in [-0.4, -0.2) is 37.4 Å². The quantitative estimate of drug-likeness (QED) is 0.403. The van der Waals surface area contributed by atoms with Crippen LogP contribution in [0.1, 0.15) is 42.1 Å². The summed E-state index contributed by atoms with van der Waals surface area (Å²) in [5, 5.41) is 8.88. The van der Waals surface area contributed by atoms with E-state index in [2.05, 4.69) is 0 Å². The van der Waals surface area contributed by atoms with Crippen molar-refractivity contribution in [3.63, 3.8) is 0 Å². The van der Waals surface area contributed by atoms with Crippen LogP contribution in [0.25, 0.3) is 0 Å². The highest BCUT2D eigenvalue weighted by Gasteiger charge is 2.18. The predicted molar refractivity (Wildman–Crippen MR) is 116 cm³/mol. The Bertz CT molecular complexity index is 930. The largest absolute Gasteiger partial charge is 0.494 e. The molecule has 2 aromatic carbocycles. The van der Waals surface area contributed by atoms with Crippen LogP contribution in [0, 0.1) is 18.3 Å². The number of benzene rings is 2. The standard InChI is InChI=1S/C24H26N2O5/c1-3-30-21-11-9-20(10-12-21)26(16-4-15-25)23(28)17-31-24(29)14-13-22(27)19-7-5-18(2)6-8-19/h5-12H,3-4,13-14,16-17H2,1-2H3. The van der Waals surface area contributed by atoms with Gasteiger partial charge in [0.25, 0.3) is 5.91 Å². The van der Waals surface area contributed by atoms with Crippen molar-refractivity contribution in [2.75, 3.05) is 24.7 Å². The van der Waals surface area contributed by atoms with Gasteiger partial charge < -0.3 is 14.4 Å². The lowest BCUT2D eigenvalue weighted by molar-refractivity contribution is -0.147. The number of hydrogen-bond acceptors (Lipinski definition) is 6. The normalized spacial score (nSPS) is 10.1. The van der Waals surface area contributed by atoms with Gasteiger partial charge in [0.1, 0.15) is 5.75 Å². The minimum atomic E-state index is -0.624. The number of ether oxygens (including phenoxy) is 2. The van der Waals surface area contributed by atoms with Crippen molar-refractivity contribution in [2.24, 2.45) is 0 Å². The maximum atomic E-state index is 12.6. The second-order valence-electron chi connectivity index (χ2n) is 6.83. The van der Waals surface area contributed by atoms with Gasteiger partial charge in [-0.15, -0.1) is 0 Å². The van der Waals surface area contributed by atoms with Crippen molar-refractivity contribution in [1.29, 1.82) is 5.26 Å². The van der Waals surface area contributed by atoms with Crippen molar-refractivity contribution < 1.29 is 23.9 Å². The van der Waals surface area contributed by atoms with Gasteiger partial charge in [-0.1, -0.05) is 29.8 Å². The molecule has 0 spiro atoms. The molecule has 0 aliphatic rings. The van der Waals surface area contributed by atoms with E-state index in [0.29, 0.717) is 23.6 Å². The molecule has 162 valence electrons. The summed E-state index contributed by atoms with van der Waals surface area (Å²) in [6.07, 6.45) is 0.0340. The SMILES string of the molecule is CCOc1ccc(N(CCC#N)C(=O)COC(=O)CCC(=O)c2ccc(C)cc2)cc1. The number of nitrogens with zero attached hydrogens (tertiary/aromatic N) is 2. The van der Waals surface area contributed by atoms with Gasteiger partial charge >= 0.3 is 5.97 Å². The lowest BCUT2D eigenvalue weighted by atomic mass is 10.1. The number of ketones is 1. The maximum Gasteiger partial charge on any atom is 0.306 e. The van der Waals surface area contributed by atoms with E-state index < -0.39 is 18.5 Å². The highest BCUT2D eigenvalue weighted by Crippen LogP contribution is 2.20. The van der Waals surface area contributed by atoms with Crippen molar-refractivity contribution >= 4 is 23.3 Å². The number of anilines is 1. The summed E-state index contributed by atoms with van der Waals surface area (Å²) < 4.78 is 10.5. The second kappa shape index (κ2) is 12.1. The number of carbonyl (C=O) groups is 3. The molecule has 0 unspecified atom stereocenters. The predicted octanol–water partition coefficient (Wildman–Crippen LogP) is 3.85. The molecular weight excluding hydrogens is 396 g/mol. The van der Waals surface area contributed by atoms with Gasteiger partial charge in [0.15, 0.2) is 12.4 Å². The van der Waals surface area contributed by atoms with Gasteiger partial charge in [-0.25, -0.2) is 0 Å². The Kier molecular flexibility index (Phi) is 9.24. The van der Waals surface area contributed by atoms with Crippen LogP contribution in [0.15, 0.2) is 48.5 Å². The number of rotatable bonds is 11. The molecular formula is C24H26N2O5. The van der Waals surface area contributed by atoms with Crippen LogP contribution >= 0.6 is 0 Å². The molecule has 0 N–H and O–H groups in total. The van der Waals surface area contributed by atoms with Gasteiger partial charge in [0, 0.05) is 24.2 Å². The summed E-state index contributed by atoms with van der Waals surface area (Å²) in [6.45, 7) is 4.04. The number of carbonyl (C=O) groups excluding carboxylic acids is 3. The molecule has 31 heavy (non-hydrogen) atoms. The molecule has 0 aromatic heterocycles. The van der Waals surface area contributed by atoms with E-state index in [-0.39, 0.29) is 31.6 Å². The molecule has 2 aromatic rings. The molecule has 0 aliphatic carbocycles. The number of amides is 1. The first kappa shape index (κ1) is 23.6. The minimum absolute atomic E-state index is 0.00707. The number of nitriles is 1. The Hall–Kier alpha value is -3.66. The average molecular weight is 422 g/mol. The van der Waals surface area contributed by atoms with Gasteiger partial charge in [-0.3, -0.25) is 14.4 Å². The van der Waals surface area contributed by atoms with E-state index in [9.17, 15) is 14.4 Å². The summed E-state index contributed by atoms with van der Waals surface area (Å²) in [6, 6.07) is 16.0. The van der Waals surface area contributed by atoms with Gasteiger partial charge in [0.2, 0.25) is 0 Å². The number of hydrogen-bond donors (Lipinski definition) is 0. The third-order valence-corrected chi connectivity index (χ3v) is 4.49. The summed E-state index contributed by atoms with van der Waals surface area (Å²) in [5.41, 5.74) is 2.16. The minimum Gasteiger partial charge on any atom is -0.494 e. The molecule has 0 saturated heterocycles. The van der Waals surface area contributed by atoms with Crippen LogP contribution in [0.5, 0.6) is 5.75 Å². The van der Waals surface area contributed by atoms with E-state index in [1.165, 1.54) is 4.90 Å². The van der Waals surface area contributed by atoms with Crippen LogP contribution in [0.2, 0.25) is 0 Å². The van der Waals surface area contributed by atoms with Crippen LogP contribution in [0.3, 0.4) is 0 Å². The fourth-order valence-corrected chi connectivity index (χ4v) is 2.84. The lowest BCUT2D eigenvalue weighted by Crippen LogP contribution is -2.35. The first-order chi connectivity index (χ1) is 14.9. The first-order valence-electron chi connectivity index (χ1n) is 10.1. The molecule has 1 amide bonds. The summed E-state index contributed by atoms with van der Waals surface area (Å²) in [4.78, 5) is 38.2. The Morgan fingerprint density at radius 1 is 1.00 bits per heavy atom. The first-order valence-corrected chi connectivity index (χ1v) is 10.1. The Balaban J connectivity index is 1.89. The van der Waals surface area contributed by atoms with Crippen molar-refractivity contribution in [2.45, 2.75) is 33.1 Å². The van der Waals surface area contributed by atoms with Gasteiger partial charge in [0.05, 0.1) is 25.5 Å². The zero-order valence-corrected chi connectivity index (χ0v) is 17.8. The fourth-order valence-electron chi connectivity index (χ4n) is 2.84. The van der Waals surface area contributed by atoms with E-state index >= 15 is 0 Å². The molecule has 2 rings (SSSR count). The lowest BCUT2D eigenvalue weighted by Gasteiger charge is -2.22. The molecule has 0 heterocycles. The third kappa shape index (κ3) is 7.59. The molecule has 7 heteroatoms. The number of Topliss-reactive ketones (excluding diaryl/α,β-unsaturated/α-hetero) is 1. The molecule has 0 bridgehead atoms. The van der Waals surface area contributed by atoms with Crippen LogP contribution in [-0.2, 0) is 14.3 Å². The van der Waals surface area contributed by atoms with E-state index in [1.807, 2.05) is 32.0 Å². The Morgan fingerprint density at radius 3 is 2.29 bits per heavy atom. The smallest absolute Gasteiger partial charge is 0.306 e. The topological polar surface area (TPSA) is 96.7 Å². The van der Waals surface area contributed by atoms with Gasteiger partial charge in [-0.2, -0.15) is 5.26 Å². The van der Waals surface area contributed by atoms with E-state index in [1.54, 1.807) is 36.4 Å². The van der Waals surface area contributed by atoms with Gasteiger partial charge in [-0.05, 0) is 38.1 Å². The summed E-state index contributed by atoms with van der Waals surface area (Å²) in [5.74, 6) is -0.560. The molecule has 7 nitrogen and oxygen atoms in total. The van der Waals surface area contributed by atoms with Crippen LogP contribution in [0.4, 0.5) is 5.69 Å². The monoisotopic (exact) mass is 422 g/mol. The molecule has 0 saturated carbocycles. The van der Waals surface area contributed by atoms with Crippen LogP contribution < -0.4 is 9.64 Å². The van der Waals surface area contributed by atoms with Crippen molar-refractivity contribution in [3.05, 3.63) is 59.7 Å². The fraction of sp³-hybridized carbons (Fsp3) is 0.333. The Morgan fingerprint density at radius 2 is 1.68 bits per heavy atom.